The van der Waals surface area contributed by atoms with Gasteiger partial charge in [0.15, 0.2) is 17.1 Å². The van der Waals surface area contributed by atoms with Gasteiger partial charge in [-0.15, -0.1) is 5.10 Å². The van der Waals surface area contributed by atoms with E-state index in [4.69, 9.17) is 9.47 Å². The molecule has 9 nitrogen and oxygen atoms in total. The Hall–Kier alpha value is -4.18. The highest BCUT2D eigenvalue weighted by atomic mass is 32.2. The van der Waals surface area contributed by atoms with E-state index in [-0.39, 0.29) is 22.4 Å². The summed E-state index contributed by atoms with van der Waals surface area (Å²) in [5.74, 6) is 1.94. The Morgan fingerprint density at radius 3 is 2.61 bits per heavy atom. The van der Waals surface area contributed by atoms with Crippen LogP contribution in [-0.4, -0.2) is 35.0 Å². The lowest BCUT2D eigenvalue weighted by Gasteiger charge is -2.11. The van der Waals surface area contributed by atoms with Crippen molar-refractivity contribution in [1.29, 1.82) is 0 Å². The van der Waals surface area contributed by atoms with E-state index >= 15 is 0 Å². The van der Waals surface area contributed by atoms with Crippen LogP contribution in [0.1, 0.15) is 5.56 Å². The van der Waals surface area contributed by atoms with E-state index in [0.717, 1.165) is 10.9 Å². The standard InChI is InChI=1S/C23H17N5O4S/c29-33(30,16-6-2-1-3-7-16)23-22-25-21(17-8-4-5-9-18(17)28(22)27-26-23)24-13-15-10-11-19-20(12-15)32-14-31-19/h1-12H,13-14H2,(H,24,25). The smallest absolute Gasteiger partial charge is 0.231 e. The maximum Gasteiger partial charge on any atom is 0.231 e. The van der Waals surface area contributed by atoms with Crippen LogP contribution < -0.4 is 14.8 Å². The molecule has 0 radical (unpaired) electrons. The molecule has 1 aliphatic rings. The lowest BCUT2D eigenvalue weighted by atomic mass is 10.2. The predicted molar refractivity (Wildman–Crippen MR) is 120 cm³/mol. The largest absolute Gasteiger partial charge is 0.454 e. The summed E-state index contributed by atoms with van der Waals surface area (Å²) in [7, 11) is -3.90. The van der Waals surface area contributed by atoms with Gasteiger partial charge in [0.2, 0.25) is 21.7 Å². The highest BCUT2D eigenvalue weighted by Gasteiger charge is 2.27. The molecule has 0 amide bonds. The van der Waals surface area contributed by atoms with E-state index in [1.165, 1.54) is 16.6 Å². The molecule has 0 unspecified atom stereocenters. The Morgan fingerprint density at radius 1 is 0.939 bits per heavy atom. The highest BCUT2D eigenvalue weighted by molar-refractivity contribution is 7.91. The van der Waals surface area contributed by atoms with Crippen LogP contribution in [0.5, 0.6) is 11.5 Å². The molecular formula is C23H17N5O4S. The molecule has 2 aromatic heterocycles. The number of sulfone groups is 1. The van der Waals surface area contributed by atoms with Crippen molar-refractivity contribution in [2.24, 2.45) is 0 Å². The summed E-state index contributed by atoms with van der Waals surface area (Å²) in [6, 6.07) is 21.3. The average Bonchev–Trinajstić information content (AvgIpc) is 3.50. The van der Waals surface area contributed by atoms with E-state index in [0.29, 0.717) is 29.4 Å². The molecule has 1 N–H and O–H groups in total. The summed E-state index contributed by atoms with van der Waals surface area (Å²) in [4.78, 5) is 4.77. The second kappa shape index (κ2) is 7.45. The summed E-state index contributed by atoms with van der Waals surface area (Å²) in [5.41, 5.74) is 1.82. The minimum atomic E-state index is -3.90. The number of nitrogens with zero attached hydrogens (tertiary/aromatic N) is 4. The van der Waals surface area contributed by atoms with E-state index in [9.17, 15) is 8.42 Å². The van der Waals surface area contributed by atoms with E-state index in [1.807, 2.05) is 42.5 Å². The number of ether oxygens (including phenoxy) is 2. The molecule has 10 heteroatoms. The molecule has 33 heavy (non-hydrogen) atoms. The number of anilines is 1. The number of hydrogen-bond acceptors (Lipinski definition) is 8. The van der Waals surface area contributed by atoms with Gasteiger partial charge in [-0.2, -0.15) is 4.52 Å². The number of fused-ring (bicyclic) bond motifs is 4. The molecule has 3 aromatic carbocycles. The van der Waals surface area contributed by atoms with Crippen LogP contribution in [0.4, 0.5) is 5.82 Å². The SMILES string of the molecule is O=S(=O)(c1ccccc1)c1nnn2c1nc(NCc1ccc3c(c1)OCO3)c1ccccc12. The molecule has 0 fully saturated rings. The van der Waals surface area contributed by atoms with Gasteiger partial charge in [-0.1, -0.05) is 41.6 Å². The molecule has 0 spiro atoms. The van der Waals surface area contributed by atoms with Gasteiger partial charge in [0.1, 0.15) is 5.82 Å². The fourth-order valence-electron chi connectivity index (χ4n) is 3.80. The second-order valence-electron chi connectivity index (χ2n) is 7.47. The Labute approximate surface area is 188 Å². The maximum atomic E-state index is 13.2. The molecule has 164 valence electrons. The fourth-order valence-corrected chi connectivity index (χ4v) is 5.06. The molecule has 5 aromatic rings. The Bertz CT molecular complexity index is 1620. The fraction of sp³-hybridized carbons (Fsp3) is 0.0870. The molecule has 0 saturated carbocycles. The predicted octanol–water partition coefficient (Wildman–Crippen LogP) is 3.45. The second-order valence-corrected chi connectivity index (χ2v) is 9.33. The molecule has 6 rings (SSSR count). The van der Waals surface area contributed by atoms with Gasteiger partial charge in [0.05, 0.1) is 10.4 Å². The van der Waals surface area contributed by atoms with Crippen LogP contribution in [0.15, 0.2) is 82.7 Å². The van der Waals surface area contributed by atoms with Crippen LogP contribution in [0, 0.1) is 0 Å². The molecule has 0 atom stereocenters. The molecule has 0 saturated heterocycles. The van der Waals surface area contributed by atoms with Crippen molar-refractivity contribution in [3.63, 3.8) is 0 Å². The van der Waals surface area contributed by atoms with Gasteiger partial charge in [-0.25, -0.2) is 13.4 Å². The lowest BCUT2D eigenvalue weighted by Crippen LogP contribution is -2.07. The average molecular weight is 459 g/mol. The zero-order chi connectivity index (χ0) is 22.4. The molecule has 1 aliphatic heterocycles. The summed E-state index contributed by atoms with van der Waals surface area (Å²) in [6.07, 6.45) is 0. The number of hydrogen-bond donors (Lipinski definition) is 1. The van der Waals surface area contributed by atoms with E-state index in [1.54, 1.807) is 18.2 Å². The zero-order valence-corrected chi connectivity index (χ0v) is 18.0. The van der Waals surface area contributed by atoms with Gasteiger partial charge < -0.3 is 14.8 Å². The van der Waals surface area contributed by atoms with E-state index in [2.05, 4.69) is 20.6 Å². The van der Waals surface area contributed by atoms with Gasteiger partial charge in [-0.05, 0) is 42.0 Å². The molecule has 0 bridgehead atoms. The topological polar surface area (TPSA) is 108 Å². The number of nitrogens with one attached hydrogen (secondary N) is 1. The highest BCUT2D eigenvalue weighted by Crippen LogP contribution is 2.33. The van der Waals surface area contributed by atoms with Crippen molar-refractivity contribution >= 4 is 32.2 Å². The van der Waals surface area contributed by atoms with Crippen LogP contribution in [-0.2, 0) is 16.4 Å². The van der Waals surface area contributed by atoms with Gasteiger partial charge in [0, 0.05) is 11.9 Å². The lowest BCUT2D eigenvalue weighted by molar-refractivity contribution is 0.174. The number of aromatic nitrogens is 4. The quantitative estimate of drug-likeness (QED) is 0.426. The van der Waals surface area contributed by atoms with Crippen molar-refractivity contribution < 1.29 is 17.9 Å². The maximum absolute atomic E-state index is 13.2. The molecule has 0 aliphatic carbocycles. The van der Waals surface area contributed by atoms with Crippen LogP contribution >= 0.6 is 0 Å². The first-order valence-corrected chi connectivity index (χ1v) is 11.7. The minimum Gasteiger partial charge on any atom is -0.454 e. The van der Waals surface area contributed by atoms with Gasteiger partial charge >= 0.3 is 0 Å². The normalized spacial score (nSPS) is 13.0. The summed E-state index contributed by atoms with van der Waals surface area (Å²) in [5, 5.41) is 12.0. The summed E-state index contributed by atoms with van der Waals surface area (Å²) in [6.45, 7) is 0.661. The molecule has 3 heterocycles. The van der Waals surface area contributed by atoms with Crippen molar-refractivity contribution in [3.05, 3.63) is 78.4 Å². The third-order valence-electron chi connectivity index (χ3n) is 5.43. The first-order chi connectivity index (χ1) is 16.1. The van der Waals surface area contributed by atoms with Gasteiger partial charge in [-0.3, -0.25) is 0 Å². The van der Waals surface area contributed by atoms with Crippen LogP contribution in [0.2, 0.25) is 0 Å². The minimum absolute atomic E-state index is 0.136. The summed E-state index contributed by atoms with van der Waals surface area (Å²) >= 11 is 0. The number of benzene rings is 3. The van der Waals surface area contributed by atoms with Gasteiger partial charge in [0.25, 0.3) is 0 Å². The summed E-state index contributed by atoms with van der Waals surface area (Å²) < 4.78 is 38.8. The van der Waals surface area contributed by atoms with Crippen molar-refractivity contribution in [1.82, 2.24) is 19.8 Å². The Kier molecular flexibility index (Phi) is 4.40. The Balaban J connectivity index is 1.45. The van der Waals surface area contributed by atoms with E-state index < -0.39 is 9.84 Å². The first-order valence-electron chi connectivity index (χ1n) is 10.2. The Morgan fingerprint density at radius 2 is 1.73 bits per heavy atom. The molecular weight excluding hydrogens is 442 g/mol. The van der Waals surface area contributed by atoms with Crippen LogP contribution in [0.25, 0.3) is 16.6 Å². The first kappa shape index (κ1) is 19.5. The third-order valence-corrected chi connectivity index (χ3v) is 7.09. The van der Waals surface area contributed by atoms with Crippen molar-refractivity contribution in [3.8, 4) is 11.5 Å². The number of para-hydroxylation sites is 1. The van der Waals surface area contributed by atoms with Crippen molar-refractivity contribution in [2.75, 3.05) is 12.1 Å². The zero-order valence-electron chi connectivity index (χ0n) is 17.2. The van der Waals surface area contributed by atoms with Crippen molar-refractivity contribution in [2.45, 2.75) is 16.5 Å². The monoisotopic (exact) mass is 459 g/mol. The third kappa shape index (κ3) is 3.23. The number of rotatable bonds is 5. The van der Waals surface area contributed by atoms with Crippen LogP contribution in [0.3, 0.4) is 0 Å².